The van der Waals surface area contributed by atoms with Crippen LogP contribution in [0.1, 0.15) is 32.6 Å². The zero-order valence-electron chi connectivity index (χ0n) is 12.8. The second-order valence-corrected chi connectivity index (χ2v) is 5.29. The number of rotatable bonds is 8. The summed E-state index contributed by atoms with van der Waals surface area (Å²) < 4.78 is 5.04. The van der Waals surface area contributed by atoms with E-state index in [2.05, 4.69) is 13.2 Å². The Labute approximate surface area is 130 Å². The topological polar surface area (TPSA) is 80.7 Å². The number of carbonyl (C=O) groups is 3. The molecule has 0 aliphatic carbocycles. The summed E-state index contributed by atoms with van der Waals surface area (Å²) in [5.74, 6) is -1.55. The normalized spacial score (nSPS) is 21.5. The quantitative estimate of drug-likeness (QED) is 0.321. The maximum absolute atomic E-state index is 11.9. The average molecular weight is 308 g/mol. The second-order valence-electron chi connectivity index (χ2n) is 5.29. The minimum Gasteiger partial charge on any atom is -0.478 e. The summed E-state index contributed by atoms with van der Waals surface area (Å²) in [6.45, 7) is 9.38. The van der Waals surface area contributed by atoms with Crippen LogP contribution in [-0.2, 0) is 19.1 Å². The summed E-state index contributed by atoms with van der Waals surface area (Å²) in [5.41, 5.74) is 0.425. The van der Waals surface area contributed by atoms with Crippen molar-refractivity contribution in [3.05, 3.63) is 36.7 Å². The predicted octanol–water partition coefficient (Wildman–Crippen LogP) is 2.14. The number of carboxylic acid groups (broad SMARTS) is 1. The second kappa shape index (κ2) is 7.70. The lowest BCUT2D eigenvalue weighted by Crippen LogP contribution is -2.38. The van der Waals surface area contributed by atoms with E-state index in [1.807, 2.05) is 0 Å². The minimum atomic E-state index is -1.05. The Morgan fingerprint density at radius 1 is 1.45 bits per heavy atom. The van der Waals surface area contributed by atoms with Crippen molar-refractivity contribution in [2.75, 3.05) is 13.2 Å². The van der Waals surface area contributed by atoms with Crippen molar-refractivity contribution in [1.82, 2.24) is 0 Å². The summed E-state index contributed by atoms with van der Waals surface area (Å²) in [6, 6.07) is 0. The van der Waals surface area contributed by atoms with Crippen molar-refractivity contribution in [2.45, 2.75) is 32.6 Å². The molecule has 6 nitrogen and oxygen atoms in total. The summed E-state index contributed by atoms with van der Waals surface area (Å²) in [7, 11) is 0. The van der Waals surface area contributed by atoms with E-state index in [0.29, 0.717) is 25.0 Å². The van der Waals surface area contributed by atoms with Crippen molar-refractivity contribution in [3.63, 3.8) is 0 Å². The fourth-order valence-corrected chi connectivity index (χ4v) is 2.28. The third-order valence-electron chi connectivity index (χ3n) is 3.61. The molecule has 0 aromatic carbocycles. The van der Waals surface area contributed by atoms with Crippen LogP contribution in [0.15, 0.2) is 36.7 Å². The molecule has 0 aromatic rings. The zero-order valence-corrected chi connectivity index (χ0v) is 12.8. The van der Waals surface area contributed by atoms with Gasteiger partial charge in [0.15, 0.2) is 0 Å². The summed E-state index contributed by atoms with van der Waals surface area (Å²) in [6.07, 6.45) is 4.99. The molecule has 0 spiro atoms. The molecule has 0 bridgehead atoms. The molecule has 1 amide bonds. The van der Waals surface area contributed by atoms with Crippen LogP contribution in [0.5, 0.6) is 0 Å². The number of aliphatic carboxylic acids is 1. The molecule has 22 heavy (non-hydrogen) atoms. The van der Waals surface area contributed by atoms with Gasteiger partial charge in [0, 0.05) is 12.0 Å². The molecule has 0 aromatic heterocycles. The number of likely N-dealkylation sites (tertiary alicyclic amines) is 1. The van der Waals surface area contributed by atoms with Gasteiger partial charge >= 0.3 is 17.8 Å². The van der Waals surface area contributed by atoms with Gasteiger partial charge in [0.2, 0.25) is 0 Å². The van der Waals surface area contributed by atoms with Gasteiger partial charge in [0.1, 0.15) is 12.4 Å². The van der Waals surface area contributed by atoms with Crippen LogP contribution in [0, 0.1) is 0 Å². The summed E-state index contributed by atoms with van der Waals surface area (Å²) >= 11 is 0. The van der Waals surface area contributed by atoms with E-state index in [-0.39, 0.29) is 29.0 Å². The fourth-order valence-electron chi connectivity index (χ4n) is 2.28. The standard InChI is InChI=1S/C16H21NO5/c1-4-17(9-5-8-14(17)18)11-13(3)16(21)22-10-6-7-12(2)15(19)20/h4,11H,1-2,5-10H2,3H3/p+1. The Morgan fingerprint density at radius 3 is 2.64 bits per heavy atom. The van der Waals surface area contributed by atoms with Gasteiger partial charge < -0.3 is 9.84 Å². The highest BCUT2D eigenvalue weighted by Crippen LogP contribution is 2.24. The fraction of sp³-hybridized carbons (Fsp3) is 0.438. The zero-order chi connectivity index (χ0) is 16.8. The molecule has 120 valence electrons. The number of amides is 1. The lowest BCUT2D eigenvalue weighted by atomic mass is 10.2. The predicted molar refractivity (Wildman–Crippen MR) is 80.3 cm³/mol. The van der Waals surface area contributed by atoms with E-state index >= 15 is 0 Å². The SMILES string of the molecule is C=C[N+]1(C=C(C)C(=O)OCCCC(=C)C(=O)O)CCCC1=O. The molecular weight excluding hydrogens is 286 g/mol. The highest BCUT2D eigenvalue weighted by atomic mass is 16.5. The van der Waals surface area contributed by atoms with E-state index in [1.54, 1.807) is 13.1 Å². The molecular formula is C16H22NO5+. The average Bonchev–Trinajstić information content (AvgIpc) is 2.84. The van der Waals surface area contributed by atoms with E-state index < -0.39 is 11.9 Å². The third kappa shape index (κ3) is 4.39. The number of quaternary nitrogens is 1. The maximum Gasteiger partial charge on any atom is 0.339 e. The highest BCUT2D eigenvalue weighted by molar-refractivity contribution is 5.88. The van der Waals surface area contributed by atoms with Crippen LogP contribution in [-0.4, -0.2) is 40.6 Å². The first-order valence-electron chi connectivity index (χ1n) is 7.14. The number of carboxylic acids is 1. The molecule has 1 heterocycles. The van der Waals surface area contributed by atoms with Crippen LogP contribution in [0.4, 0.5) is 0 Å². The lowest BCUT2D eigenvalue weighted by molar-refractivity contribution is -0.739. The largest absolute Gasteiger partial charge is 0.478 e. The molecule has 1 aliphatic heterocycles. The monoisotopic (exact) mass is 308 g/mol. The Hall–Kier alpha value is -2.21. The van der Waals surface area contributed by atoms with Crippen molar-refractivity contribution in [1.29, 1.82) is 0 Å². The number of ether oxygens (including phenoxy) is 1. The first-order chi connectivity index (χ1) is 10.3. The van der Waals surface area contributed by atoms with Crippen molar-refractivity contribution in [2.24, 2.45) is 0 Å². The number of hydrogen-bond donors (Lipinski definition) is 1. The van der Waals surface area contributed by atoms with Crippen molar-refractivity contribution < 1.29 is 28.7 Å². The van der Waals surface area contributed by atoms with E-state index in [0.717, 1.165) is 6.42 Å². The number of esters is 1. The van der Waals surface area contributed by atoms with E-state index in [4.69, 9.17) is 9.84 Å². The third-order valence-corrected chi connectivity index (χ3v) is 3.61. The molecule has 0 saturated carbocycles. The molecule has 1 atom stereocenters. The van der Waals surface area contributed by atoms with Crippen LogP contribution in [0.2, 0.25) is 0 Å². The van der Waals surface area contributed by atoms with Gasteiger partial charge in [-0.15, -0.1) is 0 Å². The molecule has 1 N–H and O–H groups in total. The first-order valence-corrected chi connectivity index (χ1v) is 7.14. The molecule has 1 saturated heterocycles. The summed E-state index contributed by atoms with van der Waals surface area (Å²) in [5, 5.41) is 8.66. The van der Waals surface area contributed by atoms with Gasteiger partial charge in [-0.2, -0.15) is 0 Å². The number of carbonyl (C=O) groups excluding carboxylic acids is 2. The maximum atomic E-state index is 11.9. The minimum absolute atomic E-state index is 0.0138. The van der Waals surface area contributed by atoms with Gasteiger partial charge in [0.05, 0.1) is 25.1 Å². The summed E-state index contributed by atoms with van der Waals surface area (Å²) in [4.78, 5) is 34.4. The Bertz CT molecular complexity index is 535. The van der Waals surface area contributed by atoms with Crippen LogP contribution >= 0.6 is 0 Å². The highest BCUT2D eigenvalue weighted by Gasteiger charge is 2.38. The Balaban J connectivity index is 2.53. The van der Waals surface area contributed by atoms with Crippen LogP contribution in [0.25, 0.3) is 0 Å². The van der Waals surface area contributed by atoms with Crippen molar-refractivity contribution in [3.8, 4) is 0 Å². The van der Waals surface area contributed by atoms with Crippen molar-refractivity contribution >= 4 is 17.8 Å². The Kier molecular flexibility index (Phi) is 6.24. The van der Waals surface area contributed by atoms with E-state index in [9.17, 15) is 14.4 Å². The molecule has 0 radical (unpaired) electrons. The van der Waals surface area contributed by atoms with Gasteiger partial charge in [-0.05, 0) is 26.3 Å². The Morgan fingerprint density at radius 2 is 2.14 bits per heavy atom. The number of nitrogens with zero attached hydrogens (tertiary/aromatic N) is 1. The van der Waals surface area contributed by atoms with Gasteiger partial charge in [0.25, 0.3) is 0 Å². The van der Waals surface area contributed by atoms with E-state index in [1.165, 1.54) is 6.20 Å². The van der Waals surface area contributed by atoms with Crippen LogP contribution < -0.4 is 0 Å². The van der Waals surface area contributed by atoms with Gasteiger partial charge in [-0.3, -0.25) is 0 Å². The first kappa shape index (κ1) is 17.8. The van der Waals surface area contributed by atoms with Gasteiger partial charge in [-0.1, -0.05) is 6.58 Å². The smallest absolute Gasteiger partial charge is 0.339 e. The van der Waals surface area contributed by atoms with Crippen LogP contribution in [0.3, 0.4) is 0 Å². The number of hydrogen-bond acceptors (Lipinski definition) is 4. The molecule has 1 unspecified atom stereocenters. The molecule has 1 aliphatic rings. The van der Waals surface area contributed by atoms with Gasteiger partial charge in [-0.25, -0.2) is 18.9 Å². The molecule has 6 heteroatoms. The molecule has 1 rings (SSSR count). The molecule has 1 fully saturated rings. The lowest BCUT2D eigenvalue weighted by Gasteiger charge is -2.22.